The Hall–Kier alpha value is -1.07. The summed E-state index contributed by atoms with van der Waals surface area (Å²) >= 11 is 5.27. The zero-order valence-electron chi connectivity index (χ0n) is 6.07. The molecule has 0 amide bonds. The summed E-state index contributed by atoms with van der Waals surface area (Å²) in [5.41, 5.74) is 0.299. The molecule has 0 saturated carbocycles. The van der Waals surface area contributed by atoms with Crippen molar-refractivity contribution in [2.75, 3.05) is 5.88 Å². The van der Waals surface area contributed by atoms with Gasteiger partial charge in [-0.05, 0) is 12.1 Å². The van der Waals surface area contributed by atoms with E-state index in [2.05, 4.69) is 11.8 Å². The maximum atomic E-state index is 12.5. The van der Waals surface area contributed by atoms with Crippen LogP contribution in [0.4, 0.5) is 8.78 Å². The summed E-state index contributed by atoms with van der Waals surface area (Å²) in [6.45, 7) is 0. The Bertz CT molecular complexity index is 316. The lowest BCUT2D eigenvalue weighted by Crippen LogP contribution is -1.82. The van der Waals surface area contributed by atoms with Crippen LogP contribution in [0.15, 0.2) is 18.2 Å². The van der Waals surface area contributed by atoms with Gasteiger partial charge in [0.05, 0.1) is 5.88 Å². The van der Waals surface area contributed by atoms with Gasteiger partial charge in [-0.25, -0.2) is 8.78 Å². The van der Waals surface area contributed by atoms with Crippen LogP contribution >= 0.6 is 11.6 Å². The predicted molar refractivity (Wildman–Crippen MR) is 44.0 cm³/mol. The third-order valence-electron chi connectivity index (χ3n) is 1.16. The Morgan fingerprint density at radius 1 is 1.17 bits per heavy atom. The number of halogens is 3. The highest BCUT2D eigenvalue weighted by Gasteiger charge is 1.96. The highest BCUT2D eigenvalue weighted by atomic mass is 35.5. The molecule has 1 rings (SSSR count). The maximum absolute atomic E-state index is 12.5. The summed E-state index contributed by atoms with van der Waals surface area (Å²) in [5, 5.41) is 0. The van der Waals surface area contributed by atoms with Crippen molar-refractivity contribution < 1.29 is 8.78 Å². The lowest BCUT2D eigenvalue weighted by molar-refractivity contribution is 0.582. The van der Waals surface area contributed by atoms with E-state index in [-0.39, 0.29) is 5.88 Å². The van der Waals surface area contributed by atoms with Crippen LogP contribution < -0.4 is 0 Å². The number of alkyl halides is 1. The summed E-state index contributed by atoms with van der Waals surface area (Å²) in [6.07, 6.45) is 0. The smallest absolute Gasteiger partial charge is 0.127 e. The zero-order valence-corrected chi connectivity index (χ0v) is 6.83. The molecule has 62 valence electrons. The quantitative estimate of drug-likeness (QED) is 0.432. The second-order valence-corrected chi connectivity index (χ2v) is 2.36. The van der Waals surface area contributed by atoms with Gasteiger partial charge in [0.1, 0.15) is 11.6 Å². The topological polar surface area (TPSA) is 0 Å². The molecule has 0 fully saturated rings. The fourth-order valence-corrected chi connectivity index (χ4v) is 0.828. The lowest BCUT2D eigenvalue weighted by atomic mass is 10.2. The fraction of sp³-hybridized carbons (Fsp3) is 0.111. The highest BCUT2D eigenvalue weighted by Crippen LogP contribution is 2.06. The molecule has 0 aliphatic rings. The molecule has 1 aromatic rings. The minimum atomic E-state index is -0.631. The van der Waals surface area contributed by atoms with E-state index in [9.17, 15) is 8.78 Å². The number of hydrogen-bond donors (Lipinski definition) is 0. The monoisotopic (exact) mass is 186 g/mol. The van der Waals surface area contributed by atoms with Gasteiger partial charge in [0.15, 0.2) is 0 Å². The average Bonchev–Trinajstić information content (AvgIpc) is 1.99. The minimum Gasteiger partial charge on any atom is -0.207 e. The second kappa shape index (κ2) is 4.08. The summed E-state index contributed by atoms with van der Waals surface area (Å²) in [7, 11) is 0. The Morgan fingerprint density at radius 2 is 1.75 bits per heavy atom. The van der Waals surface area contributed by atoms with E-state index in [1.54, 1.807) is 0 Å². The molecule has 0 heterocycles. The molecule has 3 heteroatoms. The van der Waals surface area contributed by atoms with E-state index in [1.165, 1.54) is 0 Å². The highest BCUT2D eigenvalue weighted by molar-refractivity contribution is 6.19. The minimum absolute atomic E-state index is 0.151. The third kappa shape index (κ3) is 2.52. The lowest BCUT2D eigenvalue weighted by Gasteiger charge is -1.91. The fourth-order valence-electron chi connectivity index (χ4n) is 0.761. The van der Waals surface area contributed by atoms with Crippen molar-refractivity contribution in [3.8, 4) is 11.8 Å². The number of benzene rings is 1. The van der Waals surface area contributed by atoms with Crippen molar-refractivity contribution in [2.24, 2.45) is 0 Å². The largest absolute Gasteiger partial charge is 0.207 e. The predicted octanol–water partition coefficient (Wildman–Crippen LogP) is 2.56. The number of hydrogen-bond acceptors (Lipinski definition) is 0. The van der Waals surface area contributed by atoms with Crippen molar-refractivity contribution in [3.05, 3.63) is 35.4 Å². The van der Waals surface area contributed by atoms with Gasteiger partial charge in [-0.2, -0.15) is 0 Å². The third-order valence-corrected chi connectivity index (χ3v) is 1.30. The van der Waals surface area contributed by atoms with Gasteiger partial charge in [-0.15, -0.1) is 11.6 Å². The van der Waals surface area contributed by atoms with Gasteiger partial charge >= 0.3 is 0 Å². The average molecular weight is 187 g/mol. The van der Waals surface area contributed by atoms with Gasteiger partial charge in [-0.3, -0.25) is 0 Å². The molecular formula is C9H5ClF2. The van der Waals surface area contributed by atoms with Crippen LogP contribution in [-0.4, -0.2) is 5.88 Å². The van der Waals surface area contributed by atoms with E-state index in [0.29, 0.717) is 5.56 Å². The molecule has 12 heavy (non-hydrogen) atoms. The van der Waals surface area contributed by atoms with Crippen LogP contribution in [0.3, 0.4) is 0 Å². The van der Waals surface area contributed by atoms with Crippen molar-refractivity contribution in [1.29, 1.82) is 0 Å². The molecule has 0 unspecified atom stereocenters. The summed E-state index contributed by atoms with van der Waals surface area (Å²) in [4.78, 5) is 0. The molecular weight excluding hydrogens is 182 g/mol. The van der Waals surface area contributed by atoms with Crippen LogP contribution in [0.5, 0.6) is 0 Å². The summed E-state index contributed by atoms with van der Waals surface area (Å²) < 4.78 is 25.0. The van der Waals surface area contributed by atoms with Crippen LogP contribution in [0.2, 0.25) is 0 Å². The molecule has 1 aromatic carbocycles. The van der Waals surface area contributed by atoms with Crippen molar-refractivity contribution >= 4 is 11.6 Å². The molecule has 0 aromatic heterocycles. The SMILES string of the molecule is Fc1cc(F)cc(C#CCCl)c1. The first-order valence-corrected chi connectivity index (χ1v) is 3.77. The first-order chi connectivity index (χ1) is 5.72. The molecule has 0 aliphatic heterocycles. The van der Waals surface area contributed by atoms with Crippen LogP contribution in [0.25, 0.3) is 0 Å². The van der Waals surface area contributed by atoms with Crippen LogP contribution in [0, 0.1) is 23.5 Å². The first kappa shape index (κ1) is 9.02. The van der Waals surface area contributed by atoms with Gasteiger partial charge in [0.25, 0.3) is 0 Å². The Labute approximate surface area is 74.2 Å². The van der Waals surface area contributed by atoms with Crippen LogP contribution in [0.1, 0.15) is 5.56 Å². The molecule has 0 bridgehead atoms. The van der Waals surface area contributed by atoms with E-state index < -0.39 is 11.6 Å². The summed E-state index contributed by atoms with van der Waals surface area (Å²) in [5.74, 6) is 3.90. The molecule has 0 aliphatic carbocycles. The van der Waals surface area contributed by atoms with Crippen molar-refractivity contribution in [3.63, 3.8) is 0 Å². The van der Waals surface area contributed by atoms with E-state index in [0.717, 1.165) is 18.2 Å². The summed E-state index contributed by atoms with van der Waals surface area (Å²) in [6, 6.07) is 3.11. The van der Waals surface area contributed by atoms with Crippen molar-refractivity contribution in [2.45, 2.75) is 0 Å². The Balaban J connectivity index is 3.01. The molecule has 0 saturated heterocycles. The zero-order chi connectivity index (χ0) is 8.97. The van der Waals surface area contributed by atoms with E-state index in [4.69, 9.17) is 11.6 Å². The molecule has 0 N–H and O–H groups in total. The number of rotatable bonds is 0. The van der Waals surface area contributed by atoms with Gasteiger partial charge < -0.3 is 0 Å². The van der Waals surface area contributed by atoms with Crippen LogP contribution in [-0.2, 0) is 0 Å². The van der Waals surface area contributed by atoms with Gasteiger partial charge in [0, 0.05) is 11.6 Å². The van der Waals surface area contributed by atoms with Gasteiger partial charge in [0.2, 0.25) is 0 Å². The molecule has 0 radical (unpaired) electrons. The normalized spacial score (nSPS) is 8.92. The first-order valence-electron chi connectivity index (χ1n) is 3.23. The van der Waals surface area contributed by atoms with E-state index >= 15 is 0 Å². The Morgan fingerprint density at radius 3 is 2.25 bits per heavy atom. The van der Waals surface area contributed by atoms with Gasteiger partial charge in [-0.1, -0.05) is 11.8 Å². The van der Waals surface area contributed by atoms with E-state index in [1.807, 2.05) is 0 Å². The molecule has 0 spiro atoms. The van der Waals surface area contributed by atoms with Crippen molar-refractivity contribution in [1.82, 2.24) is 0 Å². The molecule has 0 nitrogen and oxygen atoms in total. The maximum Gasteiger partial charge on any atom is 0.127 e. The standard InChI is InChI=1S/C9H5ClF2/c10-3-1-2-7-4-8(11)6-9(12)5-7/h4-6H,3H2. The molecule has 0 atom stereocenters. The Kier molecular flexibility index (Phi) is 3.07. The second-order valence-electron chi connectivity index (χ2n) is 2.09.